The molecule has 17 heavy (non-hydrogen) atoms. The van der Waals surface area contributed by atoms with E-state index in [2.05, 4.69) is 19.2 Å². The topological polar surface area (TPSA) is 58.4 Å². The highest BCUT2D eigenvalue weighted by Crippen LogP contribution is 2.18. The molecule has 0 atom stereocenters. The first-order valence-corrected chi connectivity index (χ1v) is 6.66. The van der Waals surface area contributed by atoms with E-state index in [1.165, 1.54) is 19.3 Å². The molecule has 1 aliphatic carbocycles. The predicted octanol–water partition coefficient (Wildman–Crippen LogP) is 1.95. The Hall–Kier alpha value is -0.770. The summed E-state index contributed by atoms with van der Waals surface area (Å²) in [4.78, 5) is 13.7. The van der Waals surface area contributed by atoms with E-state index in [4.69, 9.17) is 5.73 Å². The van der Waals surface area contributed by atoms with Gasteiger partial charge in [0.1, 0.15) is 0 Å². The smallest absolute Gasteiger partial charge is 0.317 e. The van der Waals surface area contributed by atoms with Crippen LogP contribution in [0.15, 0.2) is 0 Å². The lowest BCUT2D eigenvalue weighted by Gasteiger charge is -2.31. The van der Waals surface area contributed by atoms with Crippen molar-refractivity contribution >= 4 is 6.03 Å². The SMILES string of the molecule is CN(CC(C)(C)CN)C(=O)NC1CCCCC1. The molecule has 0 aromatic carbocycles. The van der Waals surface area contributed by atoms with E-state index in [1.807, 2.05) is 7.05 Å². The molecule has 0 aromatic heterocycles. The number of nitrogens with zero attached hydrogens (tertiary/aromatic N) is 1. The van der Waals surface area contributed by atoms with E-state index in [0.717, 1.165) is 12.8 Å². The highest BCUT2D eigenvalue weighted by atomic mass is 16.2. The van der Waals surface area contributed by atoms with Gasteiger partial charge in [-0.05, 0) is 24.8 Å². The fraction of sp³-hybridized carbons (Fsp3) is 0.923. The molecule has 0 aromatic rings. The van der Waals surface area contributed by atoms with Crippen molar-refractivity contribution in [3.63, 3.8) is 0 Å². The van der Waals surface area contributed by atoms with Crippen molar-refractivity contribution in [3.8, 4) is 0 Å². The van der Waals surface area contributed by atoms with E-state index in [0.29, 0.717) is 19.1 Å². The molecule has 4 nitrogen and oxygen atoms in total. The Labute approximate surface area is 105 Å². The molecule has 0 spiro atoms. The molecule has 3 N–H and O–H groups in total. The van der Waals surface area contributed by atoms with Crippen LogP contribution in [-0.2, 0) is 0 Å². The van der Waals surface area contributed by atoms with Gasteiger partial charge in [-0.3, -0.25) is 0 Å². The predicted molar refractivity (Wildman–Crippen MR) is 70.9 cm³/mol. The number of rotatable bonds is 4. The Bertz CT molecular complexity index is 247. The highest BCUT2D eigenvalue weighted by molar-refractivity contribution is 5.74. The minimum absolute atomic E-state index is 0.0152. The standard InChI is InChI=1S/C13H27N3O/c1-13(2,9-14)10-16(3)12(17)15-11-7-5-4-6-8-11/h11H,4-10,14H2,1-3H3,(H,15,17). The van der Waals surface area contributed by atoms with Crippen molar-refractivity contribution in [2.24, 2.45) is 11.1 Å². The fourth-order valence-electron chi connectivity index (χ4n) is 2.31. The number of carbonyl (C=O) groups excluding carboxylic acids is 1. The number of nitrogens with two attached hydrogens (primary N) is 1. The zero-order valence-electron chi connectivity index (χ0n) is 11.5. The number of hydrogen-bond donors (Lipinski definition) is 2. The summed E-state index contributed by atoms with van der Waals surface area (Å²) in [5.74, 6) is 0. The molecule has 0 radical (unpaired) electrons. The molecule has 0 unspecified atom stereocenters. The van der Waals surface area contributed by atoms with E-state index in [1.54, 1.807) is 4.90 Å². The van der Waals surface area contributed by atoms with E-state index in [-0.39, 0.29) is 11.4 Å². The van der Waals surface area contributed by atoms with Gasteiger partial charge in [0.2, 0.25) is 0 Å². The number of carbonyl (C=O) groups is 1. The van der Waals surface area contributed by atoms with Crippen molar-refractivity contribution in [1.82, 2.24) is 10.2 Å². The number of amides is 2. The minimum Gasteiger partial charge on any atom is -0.335 e. The molecule has 0 aliphatic heterocycles. The first-order valence-electron chi connectivity index (χ1n) is 6.66. The third-order valence-corrected chi connectivity index (χ3v) is 3.50. The van der Waals surface area contributed by atoms with Crippen LogP contribution in [0.4, 0.5) is 4.79 Å². The summed E-state index contributed by atoms with van der Waals surface area (Å²) < 4.78 is 0. The van der Waals surface area contributed by atoms with Crippen molar-refractivity contribution in [2.45, 2.75) is 52.0 Å². The van der Waals surface area contributed by atoms with Gasteiger partial charge in [0, 0.05) is 19.6 Å². The molecule has 1 saturated carbocycles. The lowest BCUT2D eigenvalue weighted by Crippen LogP contribution is -2.47. The van der Waals surface area contributed by atoms with Crippen LogP contribution in [-0.4, -0.2) is 37.1 Å². The van der Waals surface area contributed by atoms with Gasteiger partial charge < -0.3 is 16.0 Å². The Kier molecular flexibility index (Phi) is 5.25. The average Bonchev–Trinajstić information content (AvgIpc) is 2.30. The molecular weight excluding hydrogens is 214 g/mol. The molecule has 0 saturated heterocycles. The second-order valence-corrected chi connectivity index (χ2v) is 6.01. The largest absolute Gasteiger partial charge is 0.335 e. The third kappa shape index (κ3) is 4.94. The third-order valence-electron chi connectivity index (χ3n) is 3.50. The zero-order chi connectivity index (χ0) is 12.9. The van der Waals surface area contributed by atoms with Crippen LogP contribution < -0.4 is 11.1 Å². The molecule has 0 heterocycles. The monoisotopic (exact) mass is 241 g/mol. The van der Waals surface area contributed by atoms with Crippen LogP contribution in [0.3, 0.4) is 0 Å². The lowest BCUT2D eigenvalue weighted by atomic mass is 9.93. The van der Waals surface area contributed by atoms with Gasteiger partial charge in [-0.2, -0.15) is 0 Å². The Morgan fingerprint density at radius 3 is 2.47 bits per heavy atom. The summed E-state index contributed by atoms with van der Waals surface area (Å²) >= 11 is 0. The molecule has 100 valence electrons. The Morgan fingerprint density at radius 2 is 1.94 bits per heavy atom. The van der Waals surface area contributed by atoms with Gasteiger partial charge in [0.15, 0.2) is 0 Å². The van der Waals surface area contributed by atoms with Crippen LogP contribution in [0, 0.1) is 5.41 Å². The average molecular weight is 241 g/mol. The zero-order valence-corrected chi connectivity index (χ0v) is 11.5. The van der Waals surface area contributed by atoms with Gasteiger partial charge in [-0.25, -0.2) is 4.79 Å². The van der Waals surface area contributed by atoms with E-state index in [9.17, 15) is 4.79 Å². The van der Waals surface area contributed by atoms with E-state index >= 15 is 0 Å². The lowest BCUT2D eigenvalue weighted by molar-refractivity contribution is 0.178. The molecule has 1 rings (SSSR count). The summed E-state index contributed by atoms with van der Waals surface area (Å²) in [7, 11) is 1.84. The normalized spacial score (nSPS) is 17.9. The maximum atomic E-state index is 12.0. The number of nitrogens with one attached hydrogen (secondary N) is 1. The summed E-state index contributed by atoms with van der Waals surface area (Å²) in [6.45, 7) is 5.45. The highest BCUT2D eigenvalue weighted by Gasteiger charge is 2.23. The maximum absolute atomic E-state index is 12.0. The molecule has 4 heteroatoms. The van der Waals surface area contributed by atoms with Crippen LogP contribution in [0.5, 0.6) is 0 Å². The summed E-state index contributed by atoms with van der Waals surface area (Å²) in [5.41, 5.74) is 5.67. The van der Waals surface area contributed by atoms with Crippen LogP contribution in [0.1, 0.15) is 46.0 Å². The Balaban J connectivity index is 2.35. The van der Waals surface area contributed by atoms with Gasteiger partial charge >= 0.3 is 6.03 Å². The second-order valence-electron chi connectivity index (χ2n) is 6.01. The van der Waals surface area contributed by atoms with Crippen LogP contribution in [0.25, 0.3) is 0 Å². The van der Waals surface area contributed by atoms with Crippen molar-refractivity contribution in [3.05, 3.63) is 0 Å². The van der Waals surface area contributed by atoms with Crippen LogP contribution >= 0.6 is 0 Å². The van der Waals surface area contributed by atoms with Crippen molar-refractivity contribution in [2.75, 3.05) is 20.1 Å². The molecule has 1 aliphatic rings. The van der Waals surface area contributed by atoms with Crippen LogP contribution in [0.2, 0.25) is 0 Å². The number of hydrogen-bond acceptors (Lipinski definition) is 2. The summed E-state index contributed by atoms with van der Waals surface area (Å²) in [5, 5.41) is 3.11. The second kappa shape index (κ2) is 6.24. The molecule has 2 amide bonds. The van der Waals surface area contributed by atoms with Crippen molar-refractivity contribution < 1.29 is 4.79 Å². The first kappa shape index (κ1) is 14.3. The van der Waals surface area contributed by atoms with E-state index < -0.39 is 0 Å². The van der Waals surface area contributed by atoms with Gasteiger partial charge in [0.25, 0.3) is 0 Å². The summed E-state index contributed by atoms with van der Waals surface area (Å²) in [6, 6.07) is 0.415. The fourth-order valence-corrected chi connectivity index (χ4v) is 2.31. The number of urea groups is 1. The minimum atomic E-state index is -0.0152. The van der Waals surface area contributed by atoms with Gasteiger partial charge in [0.05, 0.1) is 0 Å². The van der Waals surface area contributed by atoms with Crippen molar-refractivity contribution in [1.29, 1.82) is 0 Å². The first-order chi connectivity index (χ1) is 7.94. The molecule has 1 fully saturated rings. The summed E-state index contributed by atoms with van der Waals surface area (Å²) in [6.07, 6.45) is 6.04. The van der Waals surface area contributed by atoms with Gasteiger partial charge in [-0.1, -0.05) is 33.1 Å². The maximum Gasteiger partial charge on any atom is 0.317 e. The Morgan fingerprint density at radius 1 is 1.35 bits per heavy atom. The van der Waals surface area contributed by atoms with Gasteiger partial charge in [-0.15, -0.1) is 0 Å². The molecule has 0 bridgehead atoms. The molecular formula is C13H27N3O. The quantitative estimate of drug-likeness (QED) is 0.790.